The van der Waals surface area contributed by atoms with E-state index in [1.165, 1.54) is 16.7 Å². The maximum absolute atomic E-state index is 4.36. The quantitative estimate of drug-likeness (QED) is 0.297. The zero-order chi connectivity index (χ0) is 21.8. The summed E-state index contributed by atoms with van der Waals surface area (Å²) >= 11 is 0. The Labute approximate surface area is 188 Å². The largest absolute Gasteiger partial charge is 0.311 e. The van der Waals surface area contributed by atoms with Crippen LogP contribution in [0.15, 0.2) is 122 Å². The Morgan fingerprint density at radius 2 is 0.938 bits per heavy atom. The Balaban J connectivity index is 1.53. The van der Waals surface area contributed by atoms with Crippen molar-refractivity contribution in [1.82, 2.24) is 9.97 Å². The topological polar surface area (TPSA) is 29.0 Å². The van der Waals surface area contributed by atoms with Crippen molar-refractivity contribution in [2.45, 2.75) is 6.92 Å². The maximum Gasteiger partial charge on any atom is 0.159 e. The lowest BCUT2D eigenvalue weighted by atomic mass is 10.0. The zero-order valence-electron chi connectivity index (χ0n) is 17.9. The van der Waals surface area contributed by atoms with Gasteiger partial charge in [-0.05, 0) is 72.6 Å². The third kappa shape index (κ3) is 4.14. The molecule has 0 amide bonds. The van der Waals surface area contributed by atoms with Crippen LogP contribution in [-0.2, 0) is 0 Å². The molecule has 0 atom stereocenters. The highest BCUT2D eigenvalue weighted by molar-refractivity contribution is 5.79. The van der Waals surface area contributed by atoms with E-state index >= 15 is 0 Å². The highest BCUT2D eigenvalue weighted by Gasteiger charge is 2.13. The molecule has 0 bridgehead atoms. The van der Waals surface area contributed by atoms with Crippen molar-refractivity contribution in [2.75, 3.05) is 4.90 Å². The summed E-state index contributed by atoms with van der Waals surface area (Å²) in [4.78, 5) is 11.0. The first-order valence-corrected chi connectivity index (χ1v) is 10.7. The Morgan fingerprint density at radius 1 is 0.469 bits per heavy atom. The van der Waals surface area contributed by atoms with Gasteiger partial charge in [-0.3, -0.25) is 0 Å². The van der Waals surface area contributed by atoms with E-state index in [1.54, 1.807) is 12.4 Å². The van der Waals surface area contributed by atoms with Gasteiger partial charge in [-0.1, -0.05) is 60.2 Å². The minimum absolute atomic E-state index is 0.730. The van der Waals surface area contributed by atoms with E-state index in [0.29, 0.717) is 0 Å². The van der Waals surface area contributed by atoms with Crippen molar-refractivity contribution < 1.29 is 0 Å². The standard InChI is InChI=1S/C29H23N3/c1-22-8-14-26(15-9-22)32(27-16-10-24(11-17-27)23-6-3-2-4-7-23)28-18-12-25(13-19-28)29-30-20-5-21-31-29/h2-21H,1H3. The van der Waals surface area contributed by atoms with Crippen LogP contribution in [0.25, 0.3) is 22.5 Å². The van der Waals surface area contributed by atoms with E-state index in [9.17, 15) is 0 Å². The summed E-state index contributed by atoms with van der Waals surface area (Å²) in [5.74, 6) is 0.730. The van der Waals surface area contributed by atoms with E-state index in [4.69, 9.17) is 0 Å². The molecule has 0 N–H and O–H groups in total. The predicted molar refractivity (Wildman–Crippen MR) is 132 cm³/mol. The van der Waals surface area contributed by atoms with E-state index in [0.717, 1.165) is 28.5 Å². The van der Waals surface area contributed by atoms with Crippen molar-refractivity contribution in [3.63, 3.8) is 0 Å². The monoisotopic (exact) mass is 413 g/mol. The van der Waals surface area contributed by atoms with Gasteiger partial charge in [0.15, 0.2) is 5.82 Å². The molecule has 0 unspecified atom stereocenters. The van der Waals surface area contributed by atoms with Gasteiger partial charge in [0.05, 0.1) is 0 Å². The van der Waals surface area contributed by atoms with Gasteiger partial charge in [0.2, 0.25) is 0 Å². The highest BCUT2D eigenvalue weighted by Crippen LogP contribution is 2.36. The van der Waals surface area contributed by atoms with E-state index < -0.39 is 0 Å². The number of hydrogen-bond donors (Lipinski definition) is 0. The molecular formula is C29H23N3. The van der Waals surface area contributed by atoms with E-state index in [-0.39, 0.29) is 0 Å². The summed E-state index contributed by atoms with van der Waals surface area (Å²) in [5.41, 5.74) is 7.97. The number of anilines is 3. The zero-order valence-corrected chi connectivity index (χ0v) is 17.9. The van der Waals surface area contributed by atoms with Gasteiger partial charge < -0.3 is 4.90 Å². The highest BCUT2D eigenvalue weighted by atomic mass is 15.1. The van der Waals surface area contributed by atoms with Crippen LogP contribution >= 0.6 is 0 Å². The van der Waals surface area contributed by atoms with Crippen LogP contribution < -0.4 is 4.90 Å². The minimum atomic E-state index is 0.730. The summed E-state index contributed by atoms with van der Waals surface area (Å²) in [6.45, 7) is 2.11. The van der Waals surface area contributed by atoms with Crippen molar-refractivity contribution in [3.05, 3.63) is 127 Å². The minimum Gasteiger partial charge on any atom is -0.311 e. The first-order valence-electron chi connectivity index (χ1n) is 10.7. The van der Waals surface area contributed by atoms with Gasteiger partial charge in [0.25, 0.3) is 0 Å². The molecule has 5 aromatic rings. The Hall–Kier alpha value is -4.24. The molecule has 4 aromatic carbocycles. The average Bonchev–Trinajstić information content (AvgIpc) is 2.87. The molecule has 1 aromatic heterocycles. The molecule has 0 aliphatic carbocycles. The van der Waals surface area contributed by atoms with Gasteiger partial charge in [0, 0.05) is 35.0 Å². The lowest BCUT2D eigenvalue weighted by molar-refractivity contribution is 1.17. The second kappa shape index (κ2) is 8.86. The van der Waals surface area contributed by atoms with Crippen LogP contribution in [0.2, 0.25) is 0 Å². The fraction of sp³-hybridized carbons (Fsp3) is 0.0345. The molecular weight excluding hydrogens is 390 g/mol. The molecule has 32 heavy (non-hydrogen) atoms. The van der Waals surface area contributed by atoms with Crippen LogP contribution in [0.1, 0.15) is 5.56 Å². The summed E-state index contributed by atoms with van der Waals surface area (Å²) in [5, 5.41) is 0. The molecule has 0 saturated heterocycles. The molecule has 1 heterocycles. The van der Waals surface area contributed by atoms with Gasteiger partial charge >= 0.3 is 0 Å². The Morgan fingerprint density at radius 3 is 1.50 bits per heavy atom. The van der Waals surface area contributed by atoms with Crippen molar-refractivity contribution in [3.8, 4) is 22.5 Å². The Bertz CT molecular complexity index is 1200. The molecule has 0 saturated carbocycles. The molecule has 0 aliphatic rings. The van der Waals surface area contributed by atoms with Gasteiger partial charge in [-0.15, -0.1) is 0 Å². The van der Waals surface area contributed by atoms with Gasteiger partial charge in [-0.2, -0.15) is 0 Å². The van der Waals surface area contributed by atoms with E-state index in [2.05, 4.69) is 119 Å². The maximum atomic E-state index is 4.36. The molecule has 0 aliphatic heterocycles. The molecule has 0 fully saturated rings. The first-order chi connectivity index (χ1) is 15.8. The summed E-state index contributed by atoms with van der Waals surface area (Å²) in [6.07, 6.45) is 3.53. The predicted octanol–water partition coefficient (Wildman–Crippen LogP) is 7.59. The van der Waals surface area contributed by atoms with E-state index in [1.807, 2.05) is 12.1 Å². The van der Waals surface area contributed by atoms with Gasteiger partial charge in [0.1, 0.15) is 0 Å². The number of aryl methyl sites for hydroxylation is 1. The number of nitrogens with zero attached hydrogens (tertiary/aromatic N) is 3. The number of aromatic nitrogens is 2. The number of rotatable bonds is 5. The Kier molecular flexibility index (Phi) is 5.46. The third-order valence-corrected chi connectivity index (χ3v) is 5.47. The first kappa shape index (κ1) is 19.7. The molecule has 5 rings (SSSR count). The molecule has 154 valence electrons. The van der Waals surface area contributed by atoms with Crippen LogP contribution in [-0.4, -0.2) is 9.97 Å². The lowest BCUT2D eigenvalue weighted by Crippen LogP contribution is -2.09. The van der Waals surface area contributed by atoms with Crippen molar-refractivity contribution in [1.29, 1.82) is 0 Å². The van der Waals surface area contributed by atoms with Crippen LogP contribution in [0.4, 0.5) is 17.1 Å². The molecule has 3 nitrogen and oxygen atoms in total. The number of hydrogen-bond acceptors (Lipinski definition) is 3. The van der Waals surface area contributed by atoms with Crippen LogP contribution in [0.3, 0.4) is 0 Å². The normalized spacial score (nSPS) is 10.7. The van der Waals surface area contributed by atoms with Crippen LogP contribution in [0, 0.1) is 6.92 Å². The third-order valence-electron chi connectivity index (χ3n) is 5.47. The van der Waals surface area contributed by atoms with Gasteiger partial charge in [-0.25, -0.2) is 9.97 Å². The molecule has 0 radical (unpaired) electrons. The van der Waals surface area contributed by atoms with Crippen molar-refractivity contribution in [2.24, 2.45) is 0 Å². The fourth-order valence-corrected chi connectivity index (χ4v) is 3.78. The van der Waals surface area contributed by atoms with Crippen molar-refractivity contribution >= 4 is 17.1 Å². The summed E-state index contributed by atoms with van der Waals surface area (Å²) in [7, 11) is 0. The number of benzene rings is 4. The average molecular weight is 414 g/mol. The SMILES string of the molecule is Cc1ccc(N(c2ccc(-c3ccccc3)cc2)c2ccc(-c3ncccn3)cc2)cc1. The summed E-state index contributed by atoms with van der Waals surface area (Å²) < 4.78 is 0. The second-order valence-electron chi connectivity index (χ2n) is 7.70. The fourth-order valence-electron chi connectivity index (χ4n) is 3.78. The summed E-state index contributed by atoms with van der Waals surface area (Å²) in [6, 6.07) is 38.0. The van der Waals surface area contributed by atoms with Crippen LogP contribution in [0.5, 0.6) is 0 Å². The lowest BCUT2D eigenvalue weighted by Gasteiger charge is -2.26. The molecule has 0 spiro atoms. The smallest absolute Gasteiger partial charge is 0.159 e. The molecule has 3 heteroatoms. The second-order valence-corrected chi connectivity index (χ2v) is 7.70.